The summed E-state index contributed by atoms with van der Waals surface area (Å²) < 4.78 is 7.35. The average molecular weight is 363 g/mol. The van der Waals surface area contributed by atoms with E-state index in [0.29, 0.717) is 37.4 Å². The van der Waals surface area contributed by atoms with Crippen molar-refractivity contribution in [3.63, 3.8) is 0 Å². The zero-order valence-corrected chi connectivity index (χ0v) is 13.8. The van der Waals surface area contributed by atoms with Gasteiger partial charge < -0.3 is 4.74 Å². The van der Waals surface area contributed by atoms with Gasteiger partial charge in [-0.15, -0.1) is 11.3 Å². The molecule has 4 rings (SSSR count). The number of nitrogens with zero attached hydrogens (tertiary/aromatic N) is 2. The zero-order chi connectivity index (χ0) is 16.0. The van der Waals surface area contributed by atoms with Crippen LogP contribution in [0.15, 0.2) is 52.8 Å². The van der Waals surface area contributed by atoms with Crippen molar-refractivity contribution >= 4 is 50.4 Å². The van der Waals surface area contributed by atoms with Crippen LogP contribution in [0.5, 0.6) is 11.5 Å². The summed E-state index contributed by atoms with van der Waals surface area (Å²) >= 11 is 13.4. The summed E-state index contributed by atoms with van der Waals surface area (Å²) in [4.78, 5) is 17.8. The molecule has 23 heavy (non-hydrogen) atoms. The van der Waals surface area contributed by atoms with Gasteiger partial charge in [0.2, 0.25) is 0 Å². The molecule has 0 aliphatic carbocycles. The van der Waals surface area contributed by atoms with Gasteiger partial charge in [0.15, 0.2) is 4.96 Å². The summed E-state index contributed by atoms with van der Waals surface area (Å²) in [6.45, 7) is 0. The molecule has 0 bridgehead atoms. The maximum absolute atomic E-state index is 12.7. The van der Waals surface area contributed by atoms with Crippen molar-refractivity contribution in [1.82, 2.24) is 9.38 Å². The minimum Gasteiger partial charge on any atom is -0.455 e. The van der Waals surface area contributed by atoms with Crippen LogP contribution < -0.4 is 10.3 Å². The monoisotopic (exact) mass is 362 g/mol. The van der Waals surface area contributed by atoms with E-state index in [1.165, 1.54) is 15.7 Å². The fraction of sp³-hybridized carbons (Fsp3) is 0. The van der Waals surface area contributed by atoms with Gasteiger partial charge in [-0.1, -0.05) is 29.3 Å². The molecule has 0 radical (unpaired) electrons. The quantitative estimate of drug-likeness (QED) is 0.503. The maximum Gasteiger partial charge on any atom is 0.270 e. The van der Waals surface area contributed by atoms with Crippen LogP contribution in [0.3, 0.4) is 0 Å². The van der Waals surface area contributed by atoms with Crippen molar-refractivity contribution in [3.8, 4) is 11.5 Å². The van der Waals surface area contributed by atoms with Gasteiger partial charge in [0, 0.05) is 16.6 Å². The third-order valence-corrected chi connectivity index (χ3v) is 4.64. The highest BCUT2D eigenvalue weighted by molar-refractivity contribution is 7.15. The first-order chi connectivity index (χ1) is 11.1. The Hall–Kier alpha value is -2.08. The van der Waals surface area contributed by atoms with E-state index in [2.05, 4.69) is 4.98 Å². The van der Waals surface area contributed by atoms with Gasteiger partial charge in [0.25, 0.3) is 5.56 Å². The van der Waals surface area contributed by atoms with Gasteiger partial charge in [0.05, 0.1) is 10.5 Å². The highest BCUT2D eigenvalue weighted by Gasteiger charge is 2.13. The Labute approximate surface area is 144 Å². The van der Waals surface area contributed by atoms with E-state index in [0.717, 1.165) is 0 Å². The lowest BCUT2D eigenvalue weighted by molar-refractivity contribution is 0.488. The summed E-state index contributed by atoms with van der Waals surface area (Å²) in [5.41, 5.74) is 0.409. The molecule has 0 aliphatic rings. The summed E-state index contributed by atoms with van der Waals surface area (Å²) in [5.74, 6) is 0.836. The topological polar surface area (TPSA) is 43.6 Å². The highest BCUT2D eigenvalue weighted by Crippen LogP contribution is 2.33. The second-order valence-electron chi connectivity index (χ2n) is 4.80. The molecule has 0 fully saturated rings. The lowest BCUT2D eigenvalue weighted by Crippen LogP contribution is -2.13. The molecular weight excluding hydrogens is 355 g/mol. The second-order valence-corrected chi connectivity index (χ2v) is 6.52. The average Bonchev–Trinajstić information content (AvgIpc) is 2.99. The molecule has 7 heteroatoms. The first-order valence-corrected chi connectivity index (χ1v) is 8.28. The van der Waals surface area contributed by atoms with E-state index in [-0.39, 0.29) is 5.56 Å². The molecule has 4 aromatic rings. The van der Waals surface area contributed by atoms with E-state index in [1.54, 1.807) is 42.6 Å². The molecule has 0 saturated heterocycles. The van der Waals surface area contributed by atoms with E-state index in [1.807, 2.05) is 5.38 Å². The van der Waals surface area contributed by atoms with Crippen LogP contribution in [0.1, 0.15) is 0 Å². The predicted molar refractivity (Wildman–Crippen MR) is 93.4 cm³/mol. The van der Waals surface area contributed by atoms with Crippen molar-refractivity contribution in [3.05, 3.63) is 68.4 Å². The number of hydrogen-bond acceptors (Lipinski definition) is 4. The van der Waals surface area contributed by atoms with Gasteiger partial charge in [-0.25, -0.2) is 4.98 Å². The van der Waals surface area contributed by atoms with Gasteiger partial charge >= 0.3 is 0 Å². The van der Waals surface area contributed by atoms with Crippen molar-refractivity contribution < 1.29 is 4.74 Å². The fourth-order valence-corrected chi connectivity index (χ4v) is 3.48. The summed E-state index contributed by atoms with van der Waals surface area (Å²) in [7, 11) is 0. The maximum atomic E-state index is 12.7. The van der Waals surface area contributed by atoms with Gasteiger partial charge in [-0.05, 0) is 30.3 Å². The summed E-state index contributed by atoms with van der Waals surface area (Å²) in [6, 6.07) is 10.2. The molecule has 114 valence electrons. The normalized spacial score (nSPS) is 11.2. The van der Waals surface area contributed by atoms with Crippen molar-refractivity contribution in [2.45, 2.75) is 0 Å². The van der Waals surface area contributed by atoms with E-state index in [4.69, 9.17) is 27.9 Å². The van der Waals surface area contributed by atoms with Crippen LogP contribution in [0.2, 0.25) is 10.0 Å². The van der Waals surface area contributed by atoms with Gasteiger partial charge in [0.1, 0.15) is 16.9 Å². The molecule has 0 aliphatic heterocycles. The molecule has 2 aromatic heterocycles. The number of fused-ring (bicyclic) bond motifs is 2. The third kappa shape index (κ3) is 2.47. The van der Waals surface area contributed by atoms with Crippen molar-refractivity contribution in [2.75, 3.05) is 0 Å². The Morgan fingerprint density at radius 2 is 2.00 bits per heavy atom. The molecule has 0 N–H and O–H groups in total. The Bertz CT molecular complexity index is 1100. The van der Waals surface area contributed by atoms with Crippen LogP contribution >= 0.6 is 34.5 Å². The van der Waals surface area contributed by atoms with Crippen molar-refractivity contribution in [1.29, 1.82) is 0 Å². The Morgan fingerprint density at radius 3 is 2.83 bits per heavy atom. The molecular formula is C16H8Cl2N2O2S. The summed E-state index contributed by atoms with van der Waals surface area (Å²) in [6.07, 6.45) is 1.70. The molecule has 0 unspecified atom stereocenters. The third-order valence-electron chi connectivity index (χ3n) is 3.36. The van der Waals surface area contributed by atoms with E-state index in [9.17, 15) is 4.79 Å². The fourth-order valence-electron chi connectivity index (χ4n) is 2.32. The highest BCUT2D eigenvalue weighted by atomic mass is 35.5. The number of benzene rings is 2. The van der Waals surface area contributed by atoms with Crippen LogP contribution in [0, 0.1) is 0 Å². The molecule has 0 saturated carbocycles. The van der Waals surface area contributed by atoms with Crippen LogP contribution in [0.25, 0.3) is 15.9 Å². The SMILES string of the molecule is O=c1c2c(Oc3ccc(Cl)cc3Cl)cccc2nc2sccn12. The number of thiazole rings is 1. The van der Waals surface area contributed by atoms with Gasteiger partial charge in [-0.2, -0.15) is 0 Å². The molecule has 0 atom stereocenters. The van der Waals surface area contributed by atoms with Crippen LogP contribution in [-0.4, -0.2) is 9.38 Å². The largest absolute Gasteiger partial charge is 0.455 e. The smallest absolute Gasteiger partial charge is 0.270 e. The zero-order valence-electron chi connectivity index (χ0n) is 11.5. The van der Waals surface area contributed by atoms with Crippen molar-refractivity contribution in [2.24, 2.45) is 0 Å². The molecule has 2 aromatic carbocycles. The molecule has 0 amide bonds. The Balaban J connectivity index is 1.94. The number of aromatic nitrogens is 2. The lowest BCUT2D eigenvalue weighted by Gasteiger charge is -2.10. The number of ether oxygens (including phenoxy) is 1. The Kier molecular flexibility index (Phi) is 3.49. The summed E-state index contributed by atoms with van der Waals surface area (Å²) in [5, 5.41) is 3.12. The van der Waals surface area contributed by atoms with E-state index < -0.39 is 0 Å². The first-order valence-electron chi connectivity index (χ1n) is 6.65. The minimum atomic E-state index is -0.174. The second kappa shape index (κ2) is 5.53. The van der Waals surface area contributed by atoms with E-state index >= 15 is 0 Å². The lowest BCUT2D eigenvalue weighted by atomic mass is 10.2. The minimum absolute atomic E-state index is 0.174. The standard InChI is InChI=1S/C16H8Cl2N2O2S/c17-9-4-5-12(10(18)8-9)22-13-3-1-2-11-14(13)15(21)20-6-7-23-16(20)19-11/h1-8H. The van der Waals surface area contributed by atoms with Crippen LogP contribution in [0.4, 0.5) is 0 Å². The number of rotatable bonds is 2. The molecule has 2 heterocycles. The number of halogens is 2. The predicted octanol–water partition coefficient (Wildman–Crippen LogP) is 5.01. The van der Waals surface area contributed by atoms with Crippen LogP contribution in [-0.2, 0) is 0 Å². The number of hydrogen-bond donors (Lipinski definition) is 0. The molecule has 4 nitrogen and oxygen atoms in total. The Morgan fingerprint density at radius 1 is 1.13 bits per heavy atom. The first kappa shape index (κ1) is 14.5. The molecule has 0 spiro atoms. The van der Waals surface area contributed by atoms with Gasteiger partial charge in [-0.3, -0.25) is 9.20 Å².